The minimum atomic E-state index is -3.48. The number of benzene rings is 2. The molecule has 0 saturated heterocycles. The molecule has 6 nitrogen and oxygen atoms in total. The lowest BCUT2D eigenvalue weighted by molar-refractivity contribution is 0.343. The number of hydrogen-bond donors (Lipinski definition) is 0. The van der Waals surface area contributed by atoms with Crippen LogP contribution < -0.4 is 4.74 Å². The standard InChI is InChI=1S/C24H31N3O3S2/c1-6-27-22(17-32(28,29)21-13-7-18(2)8-14-21)25-26-23(27)31-16-15-30-20-11-9-19(10-12-20)24(3,4)5/h7-14H,6,15-17H2,1-5H3. The van der Waals surface area contributed by atoms with Crippen molar-refractivity contribution in [3.05, 3.63) is 65.5 Å². The molecule has 0 bridgehead atoms. The summed E-state index contributed by atoms with van der Waals surface area (Å²) in [6.07, 6.45) is 0. The molecule has 0 unspecified atom stereocenters. The normalized spacial score (nSPS) is 12.2. The fraction of sp³-hybridized carbons (Fsp3) is 0.417. The molecule has 2 aromatic carbocycles. The first-order valence-corrected chi connectivity index (χ1v) is 13.3. The summed E-state index contributed by atoms with van der Waals surface area (Å²) in [7, 11) is -3.48. The highest BCUT2D eigenvalue weighted by Crippen LogP contribution is 2.25. The van der Waals surface area contributed by atoms with Gasteiger partial charge in [-0.1, -0.05) is 62.4 Å². The molecule has 0 saturated carbocycles. The highest BCUT2D eigenvalue weighted by atomic mass is 32.2. The van der Waals surface area contributed by atoms with E-state index in [2.05, 4.69) is 43.1 Å². The van der Waals surface area contributed by atoms with Gasteiger partial charge in [0.25, 0.3) is 0 Å². The van der Waals surface area contributed by atoms with Crippen molar-refractivity contribution in [3.8, 4) is 5.75 Å². The lowest BCUT2D eigenvalue weighted by Gasteiger charge is -2.19. The maximum absolute atomic E-state index is 12.8. The Kier molecular flexibility index (Phi) is 7.67. The van der Waals surface area contributed by atoms with Crippen LogP contribution in [0.2, 0.25) is 0 Å². The van der Waals surface area contributed by atoms with Crippen molar-refractivity contribution in [3.63, 3.8) is 0 Å². The summed E-state index contributed by atoms with van der Waals surface area (Å²) in [6.45, 7) is 11.6. The van der Waals surface area contributed by atoms with Gasteiger partial charge in [0.05, 0.1) is 11.5 Å². The highest BCUT2D eigenvalue weighted by Gasteiger charge is 2.21. The molecule has 0 radical (unpaired) electrons. The molecule has 0 fully saturated rings. The Morgan fingerprint density at radius 1 is 1.00 bits per heavy atom. The second-order valence-electron chi connectivity index (χ2n) is 8.69. The zero-order valence-corrected chi connectivity index (χ0v) is 21.0. The molecule has 32 heavy (non-hydrogen) atoms. The third kappa shape index (κ3) is 6.13. The van der Waals surface area contributed by atoms with Gasteiger partial charge in [-0.25, -0.2) is 8.42 Å². The predicted octanol–water partition coefficient (Wildman–Crippen LogP) is 5.05. The van der Waals surface area contributed by atoms with E-state index < -0.39 is 9.84 Å². The van der Waals surface area contributed by atoms with E-state index in [0.717, 1.165) is 11.3 Å². The Balaban J connectivity index is 1.58. The summed E-state index contributed by atoms with van der Waals surface area (Å²) in [5.74, 6) is 1.80. The number of nitrogens with zero attached hydrogens (tertiary/aromatic N) is 3. The zero-order chi connectivity index (χ0) is 23.4. The SMILES string of the molecule is CCn1c(CS(=O)(=O)c2ccc(C)cc2)nnc1SCCOc1ccc(C(C)(C)C)cc1. The van der Waals surface area contributed by atoms with Gasteiger partial charge >= 0.3 is 0 Å². The van der Waals surface area contributed by atoms with Crippen LogP contribution in [0.3, 0.4) is 0 Å². The van der Waals surface area contributed by atoms with Crippen LogP contribution in [-0.2, 0) is 27.5 Å². The average molecular weight is 474 g/mol. The van der Waals surface area contributed by atoms with Crippen molar-refractivity contribution in [2.75, 3.05) is 12.4 Å². The largest absolute Gasteiger partial charge is 0.493 e. The van der Waals surface area contributed by atoms with Gasteiger partial charge < -0.3 is 9.30 Å². The Hall–Kier alpha value is -2.32. The van der Waals surface area contributed by atoms with E-state index in [9.17, 15) is 8.42 Å². The highest BCUT2D eigenvalue weighted by molar-refractivity contribution is 7.99. The maximum atomic E-state index is 12.8. The number of aromatic nitrogens is 3. The van der Waals surface area contributed by atoms with Crippen molar-refractivity contribution in [2.45, 2.75) is 62.4 Å². The first-order valence-electron chi connectivity index (χ1n) is 10.7. The molecule has 1 heterocycles. The summed E-state index contributed by atoms with van der Waals surface area (Å²) in [6, 6.07) is 15.1. The fourth-order valence-corrected chi connectivity index (χ4v) is 5.30. The van der Waals surface area contributed by atoms with Crippen LogP contribution in [0, 0.1) is 6.92 Å². The Morgan fingerprint density at radius 3 is 2.25 bits per heavy atom. The Morgan fingerprint density at radius 2 is 1.66 bits per heavy atom. The van der Waals surface area contributed by atoms with Gasteiger partial charge in [0.15, 0.2) is 15.0 Å². The fourth-order valence-electron chi connectivity index (χ4n) is 3.19. The second kappa shape index (κ2) is 10.1. The van der Waals surface area contributed by atoms with Gasteiger partial charge in [0, 0.05) is 12.3 Å². The van der Waals surface area contributed by atoms with Gasteiger partial charge in [-0.3, -0.25) is 0 Å². The van der Waals surface area contributed by atoms with Crippen LogP contribution in [0.1, 0.15) is 44.6 Å². The van der Waals surface area contributed by atoms with E-state index in [-0.39, 0.29) is 11.2 Å². The topological polar surface area (TPSA) is 74.1 Å². The smallest absolute Gasteiger partial charge is 0.191 e. The number of aryl methyl sites for hydroxylation is 1. The van der Waals surface area contributed by atoms with Crippen molar-refractivity contribution < 1.29 is 13.2 Å². The summed E-state index contributed by atoms with van der Waals surface area (Å²) in [4.78, 5) is 0.300. The first kappa shape index (κ1) is 24.3. The lowest BCUT2D eigenvalue weighted by Crippen LogP contribution is -2.11. The first-order chi connectivity index (χ1) is 15.1. The van der Waals surface area contributed by atoms with Crippen LogP contribution in [0.5, 0.6) is 5.75 Å². The Labute approximate surface area is 195 Å². The number of thioether (sulfide) groups is 1. The monoisotopic (exact) mass is 473 g/mol. The quantitative estimate of drug-likeness (QED) is 0.320. The molecule has 1 aromatic heterocycles. The van der Waals surface area contributed by atoms with Crippen molar-refractivity contribution in [1.29, 1.82) is 0 Å². The number of hydrogen-bond acceptors (Lipinski definition) is 6. The van der Waals surface area contributed by atoms with Gasteiger partial charge in [-0.2, -0.15) is 0 Å². The summed E-state index contributed by atoms with van der Waals surface area (Å²) in [5.41, 5.74) is 2.40. The number of ether oxygens (including phenoxy) is 1. The van der Waals surface area contributed by atoms with Gasteiger partial charge in [-0.05, 0) is 49.1 Å². The second-order valence-corrected chi connectivity index (χ2v) is 11.7. The summed E-state index contributed by atoms with van der Waals surface area (Å²) >= 11 is 1.51. The van der Waals surface area contributed by atoms with E-state index >= 15 is 0 Å². The van der Waals surface area contributed by atoms with Gasteiger partial charge in [0.2, 0.25) is 0 Å². The molecule has 8 heteroatoms. The van der Waals surface area contributed by atoms with E-state index in [1.165, 1.54) is 17.3 Å². The van der Waals surface area contributed by atoms with Crippen LogP contribution in [0.15, 0.2) is 58.6 Å². The molecule has 0 aliphatic rings. The predicted molar refractivity (Wildman–Crippen MR) is 129 cm³/mol. The molecule has 0 spiro atoms. The molecule has 0 N–H and O–H groups in total. The van der Waals surface area contributed by atoms with Crippen molar-refractivity contribution in [1.82, 2.24) is 14.8 Å². The molecule has 0 atom stereocenters. The molecule has 0 aliphatic heterocycles. The van der Waals surface area contributed by atoms with Crippen LogP contribution in [0.4, 0.5) is 0 Å². The third-order valence-corrected chi connectivity index (χ3v) is 7.67. The maximum Gasteiger partial charge on any atom is 0.191 e. The van der Waals surface area contributed by atoms with Crippen LogP contribution in [-0.4, -0.2) is 35.5 Å². The molecule has 0 aliphatic carbocycles. The minimum absolute atomic E-state index is 0.114. The molecule has 172 valence electrons. The van der Waals surface area contributed by atoms with Crippen molar-refractivity contribution in [2.24, 2.45) is 0 Å². The van der Waals surface area contributed by atoms with E-state index in [1.54, 1.807) is 24.3 Å². The van der Waals surface area contributed by atoms with Crippen molar-refractivity contribution >= 4 is 21.6 Å². The summed E-state index contributed by atoms with van der Waals surface area (Å²) in [5, 5.41) is 9.08. The zero-order valence-electron chi connectivity index (χ0n) is 19.3. The average Bonchev–Trinajstić information content (AvgIpc) is 3.12. The molecular formula is C24H31N3O3S2. The lowest BCUT2D eigenvalue weighted by atomic mass is 9.87. The number of sulfone groups is 1. The van der Waals surface area contributed by atoms with E-state index in [1.807, 2.05) is 30.5 Å². The van der Waals surface area contributed by atoms with Gasteiger partial charge in [0.1, 0.15) is 17.3 Å². The van der Waals surface area contributed by atoms with Gasteiger partial charge in [-0.15, -0.1) is 10.2 Å². The molecular weight excluding hydrogens is 442 g/mol. The minimum Gasteiger partial charge on any atom is -0.493 e. The molecule has 0 amide bonds. The molecule has 3 rings (SSSR count). The summed E-state index contributed by atoms with van der Waals surface area (Å²) < 4.78 is 33.3. The van der Waals surface area contributed by atoms with E-state index in [0.29, 0.717) is 34.8 Å². The number of rotatable bonds is 9. The van der Waals surface area contributed by atoms with E-state index in [4.69, 9.17) is 4.74 Å². The van der Waals surface area contributed by atoms with Crippen LogP contribution >= 0.6 is 11.8 Å². The van der Waals surface area contributed by atoms with Crippen LogP contribution in [0.25, 0.3) is 0 Å². The molecule has 3 aromatic rings. The third-order valence-electron chi connectivity index (χ3n) is 5.11. The Bertz CT molecular complexity index is 1130.